The van der Waals surface area contributed by atoms with Gasteiger partial charge in [-0.3, -0.25) is 0 Å². The van der Waals surface area contributed by atoms with Crippen LogP contribution in [0.1, 0.15) is 40.4 Å². The van der Waals surface area contributed by atoms with Crippen LogP contribution < -0.4 is 0 Å². The minimum atomic E-state index is -0.256. The highest BCUT2D eigenvalue weighted by molar-refractivity contribution is 5.98. The Morgan fingerprint density at radius 1 is 1.04 bits per heavy atom. The van der Waals surface area contributed by atoms with Crippen LogP contribution >= 0.6 is 0 Å². The van der Waals surface area contributed by atoms with Gasteiger partial charge in [-0.25, -0.2) is 4.79 Å². The topological polar surface area (TPSA) is 31.2 Å². The summed E-state index contributed by atoms with van der Waals surface area (Å²) < 4.78 is 7.68. The van der Waals surface area contributed by atoms with Gasteiger partial charge in [0, 0.05) is 13.2 Å². The molecule has 1 aromatic heterocycles. The fourth-order valence-corrected chi connectivity index (χ4v) is 3.23. The van der Waals surface area contributed by atoms with Crippen molar-refractivity contribution in [2.24, 2.45) is 7.05 Å². The lowest BCUT2D eigenvalue weighted by atomic mass is 10.0. The lowest BCUT2D eigenvalue weighted by Gasteiger charge is -2.10. The van der Waals surface area contributed by atoms with Crippen molar-refractivity contribution in [3.8, 4) is 11.3 Å². The Balaban J connectivity index is 1.95. The highest BCUT2D eigenvalue weighted by atomic mass is 16.5. The smallest absolute Gasteiger partial charge is 0.340 e. The molecular formula is C23H25NO2. The normalized spacial score (nSPS) is 10.7. The van der Waals surface area contributed by atoms with Crippen LogP contribution in [-0.4, -0.2) is 10.5 Å². The molecule has 134 valence electrons. The van der Waals surface area contributed by atoms with Crippen LogP contribution in [0.3, 0.4) is 0 Å². The lowest BCUT2D eigenvalue weighted by molar-refractivity contribution is 0.0472. The second-order valence-corrected chi connectivity index (χ2v) is 6.67. The Labute approximate surface area is 155 Å². The largest absolute Gasteiger partial charge is 0.457 e. The van der Waals surface area contributed by atoms with E-state index in [9.17, 15) is 4.79 Å². The second kappa shape index (κ2) is 8.05. The van der Waals surface area contributed by atoms with E-state index in [1.54, 1.807) is 0 Å². The van der Waals surface area contributed by atoms with Gasteiger partial charge in [0.1, 0.15) is 6.61 Å². The third kappa shape index (κ3) is 3.88. The first-order valence-electron chi connectivity index (χ1n) is 9.06. The standard InChI is InChI=1S/C23H25NO2/c1-4-8-20-15-24(3)22(19-13-11-17(2)12-14-19)21(20)23(25)26-16-18-9-6-5-7-10-18/h5-7,9-15H,4,8,16H2,1-3H3. The van der Waals surface area contributed by atoms with Crippen molar-refractivity contribution in [3.63, 3.8) is 0 Å². The van der Waals surface area contributed by atoms with Crippen molar-refractivity contribution in [1.82, 2.24) is 4.57 Å². The fraction of sp³-hybridized carbons (Fsp3) is 0.261. The number of aromatic nitrogens is 1. The van der Waals surface area contributed by atoms with Crippen molar-refractivity contribution in [1.29, 1.82) is 0 Å². The predicted molar refractivity (Wildman–Crippen MR) is 105 cm³/mol. The molecule has 0 atom stereocenters. The molecule has 0 spiro atoms. The number of hydrogen-bond donors (Lipinski definition) is 0. The van der Waals surface area contributed by atoms with E-state index in [1.165, 1.54) is 5.56 Å². The number of ether oxygens (including phenoxy) is 1. The molecule has 0 unspecified atom stereocenters. The maximum absolute atomic E-state index is 13.0. The first-order valence-corrected chi connectivity index (χ1v) is 9.06. The molecule has 0 amide bonds. The number of benzene rings is 2. The SMILES string of the molecule is CCCc1cn(C)c(-c2ccc(C)cc2)c1C(=O)OCc1ccccc1. The lowest BCUT2D eigenvalue weighted by Crippen LogP contribution is -2.09. The molecule has 0 bridgehead atoms. The minimum Gasteiger partial charge on any atom is -0.457 e. The van der Waals surface area contributed by atoms with E-state index in [2.05, 4.69) is 44.3 Å². The maximum atomic E-state index is 13.0. The summed E-state index contributed by atoms with van der Waals surface area (Å²) in [6, 6.07) is 18.1. The average Bonchev–Trinajstić information content (AvgIpc) is 2.97. The molecule has 26 heavy (non-hydrogen) atoms. The third-order valence-corrected chi connectivity index (χ3v) is 4.52. The summed E-state index contributed by atoms with van der Waals surface area (Å²) in [5.74, 6) is -0.256. The van der Waals surface area contributed by atoms with Crippen molar-refractivity contribution in [2.75, 3.05) is 0 Å². The summed E-state index contributed by atoms with van der Waals surface area (Å²) in [6.07, 6.45) is 3.89. The molecule has 0 N–H and O–H groups in total. The van der Waals surface area contributed by atoms with Gasteiger partial charge in [0.05, 0.1) is 11.3 Å². The van der Waals surface area contributed by atoms with Gasteiger partial charge in [0.15, 0.2) is 0 Å². The Hall–Kier alpha value is -2.81. The van der Waals surface area contributed by atoms with Crippen LogP contribution in [0, 0.1) is 6.92 Å². The van der Waals surface area contributed by atoms with Gasteiger partial charge in [0.2, 0.25) is 0 Å². The molecule has 3 nitrogen and oxygen atoms in total. The Morgan fingerprint density at radius 2 is 1.73 bits per heavy atom. The Kier molecular flexibility index (Phi) is 5.57. The molecule has 3 aromatic rings. The second-order valence-electron chi connectivity index (χ2n) is 6.67. The van der Waals surface area contributed by atoms with Gasteiger partial charge >= 0.3 is 5.97 Å². The number of carbonyl (C=O) groups is 1. The number of nitrogens with zero attached hydrogens (tertiary/aromatic N) is 1. The molecule has 0 aliphatic heterocycles. The van der Waals surface area contributed by atoms with Gasteiger partial charge < -0.3 is 9.30 Å². The molecule has 0 saturated carbocycles. The highest BCUT2D eigenvalue weighted by Crippen LogP contribution is 2.30. The van der Waals surface area contributed by atoms with Crippen LogP contribution in [0.4, 0.5) is 0 Å². The van der Waals surface area contributed by atoms with E-state index < -0.39 is 0 Å². The van der Waals surface area contributed by atoms with Crippen LogP contribution in [0.5, 0.6) is 0 Å². The summed E-state index contributed by atoms with van der Waals surface area (Å²) in [5, 5.41) is 0. The van der Waals surface area contributed by atoms with Gasteiger partial charge in [0.25, 0.3) is 0 Å². The van der Waals surface area contributed by atoms with E-state index in [0.29, 0.717) is 5.56 Å². The van der Waals surface area contributed by atoms with E-state index in [1.807, 2.05) is 41.9 Å². The van der Waals surface area contributed by atoms with Crippen molar-refractivity contribution in [2.45, 2.75) is 33.3 Å². The van der Waals surface area contributed by atoms with Crippen LogP contribution in [0.15, 0.2) is 60.8 Å². The molecule has 1 heterocycles. The van der Waals surface area contributed by atoms with Gasteiger partial charge in [-0.15, -0.1) is 0 Å². The molecule has 0 radical (unpaired) electrons. The monoisotopic (exact) mass is 347 g/mol. The number of carbonyl (C=O) groups excluding carboxylic acids is 1. The maximum Gasteiger partial charge on any atom is 0.340 e. The van der Waals surface area contributed by atoms with Crippen LogP contribution in [-0.2, 0) is 24.8 Å². The van der Waals surface area contributed by atoms with Crippen molar-refractivity contribution >= 4 is 5.97 Å². The van der Waals surface area contributed by atoms with Crippen molar-refractivity contribution in [3.05, 3.63) is 83.0 Å². The summed E-state index contributed by atoms with van der Waals surface area (Å²) in [7, 11) is 1.99. The van der Waals surface area contributed by atoms with E-state index in [0.717, 1.165) is 35.2 Å². The molecule has 3 rings (SSSR count). The third-order valence-electron chi connectivity index (χ3n) is 4.52. The van der Waals surface area contributed by atoms with Gasteiger partial charge in [-0.05, 0) is 30.0 Å². The molecule has 0 aliphatic carbocycles. The minimum absolute atomic E-state index is 0.256. The zero-order chi connectivity index (χ0) is 18.5. The number of aryl methyl sites for hydroxylation is 3. The predicted octanol–water partition coefficient (Wildman–Crippen LogP) is 5.31. The quantitative estimate of drug-likeness (QED) is 0.566. The summed E-state index contributed by atoms with van der Waals surface area (Å²) >= 11 is 0. The molecule has 0 fully saturated rings. The number of hydrogen-bond acceptors (Lipinski definition) is 2. The van der Waals surface area contributed by atoms with Crippen LogP contribution in [0.2, 0.25) is 0 Å². The summed E-state index contributed by atoms with van der Waals surface area (Å²) in [4.78, 5) is 13.0. The fourth-order valence-electron chi connectivity index (χ4n) is 3.23. The summed E-state index contributed by atoms with van der Waals surface area (Å²) in [6.45, 7) is 4.47. The number of rotatable bonds is 6. The van der Waals surface area contributed by atoms with E-state index >= 15 is 0 Å². The Bertz CT molecular complexity index is 877. The average molecular weight is 347 g/mol. The number of esters is 1. The zero-order valence-electron chi connectivity index (χ0n) is 15.7. The molecule has 0 saturated heterocycles. The van der Waals surface area contributed by atoms with Gasteiger partial charge in [-0.1, -0.05) is 73.5 Å². The van der Waals surface area contributed by atoms with Gasteiger partial charge in [-0.2, -0.15) is 0 Å². The molecule has 0 aliphatic rings. The van der Waals surface area contributed by atoms with Crippen LogP contribution in [0.25, 0.3) is 11.3 Å². The first-order chi connectivity index (χ1) is 12.6. The van der Waals surface area contributed by atoms with E-state index in [4.69, 9.17) is 4.74 Å². The van der Waals surface area contributed by atoms with Crippen molar-refractivity contribution < 1.29 is 9.53 Å². The van der Waals surface area contributed by atoms with E-state index in [-0.39, 0.29) is 12.6 Å². The Morgan fingerprint density at radius 3 is 2.38 bits per heavy atom. The molecule has 3 heteroatoms. The highest BCUT2D eigenvalue weighted by Gasteiger charge is 2.23. The molecular weight excluding hydrogens is 322 g/mol. The first kappa shape index (κ1) is 18.0. The summed E-state index contributed by atoms with van der Waals surface area (Å²) in [5.41, 5.74) is 5.88. The zero-order valence-corrected chi connectivity index (χ0v) is 15.7. The molecule has 2 aromatic carbocycles.